The molecule has 1 aliphatic rings. The summed E-state index contributed by atoms with van der Waals surface area (Å²) < 4.78 is 12.8. The molecule has 1 aliphatic heterocycles. The summed E-state index contributed by atoms with van der Waals surface area (Å²) in [5, 5.41) is 0. The van der Waals surface area contributed by atoms with E-state index in [1.807, 2.05) is 34.0 Å². The Morgan fingerprint density at radius 1 is 1.30 bits per heavy atom. The maximum atomic E-state index is 12.4. The first kappa shape index (κ1) is 15.3. The zero-order chi connectivity index (χ0) is 16.1. The van der Waals surface area contributed by atoms with Crippen molar-refractivity contribution in [3.8, 4) is 11.8 Å². The van der Waals surface area contributed by atoms with Crippen LogP contribution in [-0.4, -0.2) is 51.6 Å². The third kappa shape index (κ3) is 4.00. The van der Waals surface area contributed by atoms with E-state index < -0.39 is 0 Å². The maximum Gasteiger partial charge on any atom is 0.242 e. The van der Waals surface area contributed by atoms with Gasteiger partial charge in [-0.05, 0) is 25.0 Å². The topological polar surface area (TPSA) is 69.5 Å². The number of methoxy groups -OCH3 is 1. The first-order valence-corrected chi connectivity index (χ1v) is 7.66. The highest BCUT2D eigenvalue weighted by atomic mass is 16.5. The Balaban J connectivity index is 1.58. The van der Waals surface area contributed by atoms with E-state index >= 15 is 0 Å². The van der Waals surface area contributed by atoms with Gasteiger partial charge in [0.2, 0.25) is 17.7 Å². The molecule has 7 nitrogen and oxygen atoms in total. The van der Waals surface area contributed by atoms with Crippen LogP contribution in [0.2, 0.25) is 0 Å². The molecule has 0 saturated carbocycles. The van der Waals surface area contributed by atoms with Crippen LogP contribution >= 0.6 is 0 Å². The van der Waals surface area contributed by atoms with Crippen molar-refractivity contribution in [3.63, 3.8) is 0 Å². The molecule has 0 unspecified atom stereocenters. The van der Waals surface area contributed by atoms with Gasteiger partial charge in [-0.2, -0.15) is 4.98 Å². The average Bonchev–Trinajstić information content (AvgIpc) is 3.08. The minimum absolute atomic E-state index is 0.0706. The number of hydrogen-bond acceptors (Lipinski definition) is 5. The molecule has 1 saturated heterocycles. The normalized spacial score (nSPS) is 17.8. The summed E-state index contributed by atoms with van der Waals surface area (Å²) in [5.74, 6) is 0.944. The molecule has 1 atom stereocenters. The molecule has 0 radical (unpaired) electrons. The Bertz CT molecular complexity index is 645. The quantitative estimate of drug-likeness (QED) is 0.833. The highest BCUT2D eigenvalue weighted by Gasteiger charge is 2.25. The molecule has 3 rings (SSSR count). The fourth-order valence-electron chi connectivity index (χ4n) is 2.65. The standard InChI is InChI=1S/C16H20N4O3/c1-22-14-9-17-10-15(18-14)23-13-5-4-8-20(11-13)16(21)12-19-6-2-3-7-19/h2-3,6-7,9-10,13H,4-5,8,11-12H2,1H3/t13-/m1/s1. The lowest BCUT2D eigenvalue weighted by Crippen LogP contribution is -2.45. The third-order valence-electron chi connectivity index (χ3n) is 3.80. The van der Waals surface area contributed by atoms with Crippen molar-refractivity contribution in [1.82, 2.24) is 19.4 Å². The largest absolute Gasteiger partial charge is 0.480 e. The molecule has 0 aromatic carbocycles. The predicted molar refractivity (Wildman–Crippen MR) is 83.2 cm³/mol. The Labute approximate surface area is 134 Å². The molecule has 0 N–H and O–H groups in total. The number of ether oxygens (including phenoxy) is 2. The molecule has 3 heterocycles. The van der Waals surface area contributed by atoms with Gasteiger partial charge in [0.05, 0.1) is 26.0 Å². The highest BCUT2D eigenvalue weighted by Crippen LogP contribution is 2.18. The van der Waals surface area contributed by atoms with Crippen LogP contribution in [0.15, 0.2) is 36.9 Å². The van der Waals surface area contributed by atoms with Crippen LogP contribution in [0.25, 0.3) is 0 Å². The van der Waals surface area contributed by atoms with Crippen molar-refractivity contribution < 1.29 is 14.3 Å². The molecule has 23 heavy (non-hydrogen) atoms. The lowest BCUT2D eigenvalue weighted by molar-refractivity contribution is -0.134. The second kappa shape index (κ2) is 7.13. The first-order valence-electron chi connectivity index (χ1n) is 7.66. The predicted octanol–water partition coefficient (Wildman–Crippen LogP) is 1.36. The second-order valence-corrected chi connectivity index (χ2v) is 5.48. The van der Waals surface area contributed by atoms with Gasteiger partial charge >= 0.3 is 0 Å². The molecule has 0 bridgehead atoms. The van der Waals surface area contributed by atoms with Gasteiger partial charge in [-0.3, -0.25) is 9.78 Å². The fourth-order valence-corrected chi connectivity index (χ4v) is 2.65. The molecule has 0 spiro atoms. The summed E-state index contributed by atoms with van der Waals surface area (Å²) in [7, 11) is 1.54. The van der Waals surface area contributed by atoms with E-state index in [-0.39, 0.29) is 12.0 Å². The van der Waals surface area contributed by atoms with Gasteiger partial charge in [-0.1, -0.05) is 0 Å². The third-order valence-corrected chi connectivity index (χ3v) is 3.80. The molecular formula is C16H20N4O3. The number of aromatic nitrogens is 3. The minimum Gasteiger partial charge on any atom is -0.480 e. The van der Waals surface area contributed by atoms with E-state index in [0.29, 0.717) is 24.8 Å². The summed E-state index contributed by atoms with van der Waals surface area (Å²) in [6.07, 6.45) is 8.61. The number of carbonyl (C=O) groups excluding carboxylic acids is 1. The highest BCUT2D eigenvalue weighted by molar-refractivity contribution is 5.76. The molecule has 122 valence electrons. The summed E-state index contributed by atoms with van der Waals surface area (Å²) in [5.41, 5.74) is 0. The van der Waals surface area contributed by atoms with Crippen LogP contribution in [-0.2, 0) is 11.3 Å². The van der Waals surface area contributed by atoms with Gasteiger partial charge in [0.25, 0.3) is 0 Å². The zero-order valence-electron chi connectivity index (χ0n) is 13.1. The Morgan fingerprint density at radius 3 is 2.87 bits per heavy atom. The van der Waals surface area contributed by atoms with E-state index in [9.17, 15) is 4.79 Å². The number of likely N-dealkylation sites (tertiary alicyclic amines) is 1. The van der Waals surface area contributed by atoms with E-state index in [2.05, 4.69) is 9.97 Å². The summed E-state index contributed by atoms with van der Waals surface area (Å²) >= 11 is 0. The Morgan fingerprint density at radius 2 is 2.09 bits per heavy atom. The van der Waals surface area contributed by atoms with Gasteiger partial charge in [-0.15, -0.1) is 0 Å². The number of amides is 1. The number of hydrogen-bond donors (Lipinski definition) is 0. The molecule has 2 aromatic rings. The van der Waals surface area contributed by atoms with Crippen LogP contribution in [0.3, 0.4) is 0 Å². The van der Waals surface area contributed by atoms with Crippen LogP contribution in [0.1, 0.15) is 12.8 Å². The Hall–Kier alpha value is -2.57. The number of nitrogens with zero attached hydrogens (tertiary/aromatic N) is 4. The molecule has 0 aliphatic carbocycles. The van der Waals surface area contributed by atoms with Gasteiger partial charge in [0.15, 0.2) is 0 Å². The maximum absolute atomic E-state index is 12.4. The first-order chi connectivity index (χ1) is 11.2. The number of rotatable bonds is 5. The van der Waals surface area contributed by atoms with Crippen molar-refractivity contribution in [1.29, 1.82) is 0 Å². The van der Waals surface area contributed by atoms with E-state index in [1.54, 1.807) is 6.20 Å². The monoisotopic (exact) mass is 316 g/mol. The molecular weight excluding hydrogens is 296 g/mol. The number of carbonyl (C=O) groups is 1. The summed E-state index contributed by atoms with van der Waals surface area (Å²) in [6.45, 7) is 1.70. The van der Waals surface area contributed by atoms with Gasteiger partial charge < -0.3 is 18.9 Å². The SMILES string of the molecule is COc1cncc(O[C@@H]2CCCN(C(=O)Cn3cccc3)C2)n1. The second-order valence-electron chi connectivity index (χ2n) is 5.48. The van der Waals surface area contributed by atoms with Crippen molar-refractivity contribution in [2.45, 2.75) is 25.5 Å². The molecule has 1 amide bonds. The van der Waals surface area contributed by atoms with Crippen molar-refractivity contribution >= 4 is 5.91 Å². The van der Waals surface area contributed by atoms with Gasteiger partial charge in [0, 0.05) is 18.9 Å². The molecule has 2 aromatic heterocycles. The van der Waals surface area contributed by atoms with E-state index in [0.717, 1.165) is 19.4 Å². The number of piperidine rings is 1. The minimum atomic E-state index is -0.0706. The Kier molecular flexibility index (Phi) is 4.75. The van der Waals surface area contributed by atoms with E-state index in [4.69, 9.17) is 9.47 Å². The van der Waals surface area contributed by atoms with Crippen LogP contribution in [0.4, 0.5) is 0 Å². The lowest BCUT2D eigenvalue weighted by atomic mass is 10.1. The molecule has 7 heteroatoms. The van der Waals surface area contributed by atoms with Crippen LogP contribution in [0, 0.1) is 0 Å². The van der Waals surface area contributed by atoms with E-state index in [1.165, 1.54) is 13.3 Å². The fraction of sp³-hybridized carbons (Fsp3) is 0.438. The summed E-state index contributed by atoms with van der Waals surface area (Å²) in [6, 6.07) is 3.83. The summed E-state index contributed by atoms with van der Waals surface area (Å²) in [4.78, 5) is 22.4. The van der Waals surface area contributed by atoms with Crippen LogP contribution < -0.4 is 9.47 Å². The van der Waals surface area contributed by atoms with Crippen LogP contribution in [0.5, 0.6) is 11.8 Å². The van der Waals surface area contributed by atoms with Gasteiger partial charge in [0.1, 0.15) is 12.6 Å². The molecule has 1 fully saturated rings. The van der Waals surface area contributed by atoms with Crippen molar-refractivity contribution in [3.05, 3.63) is 36.9 Å². The van der Waals surface area contributed by atoms with Crippen molar-refractivity contribution in [2.24, 2.45) is 0 Å². The zero-order valence-corrected chi connectivity index (χ0v) is 13.1. The smallest absolute Gasteiger partial charge is 0.242 e. The van der Waals surface area contributed by atoms with Gasteiger partial charge in [-0.25, -0.2) is 0 Å². The lowest BCUT2D eigenvalue weighted by Gasteiger charge is -2.32. The average molecular weight is 316 g/mol. The van der Waals surface area contributed by atoms with Crippen molar-refractivity contribution in [2.75, 3.05) is 20.2 Å².